The van der Waals surface area contributed by atoms with Crippen molar-refractivity contribution in [3.63, 3.8) is 0 Å². The van der Waals surface area contributed by atoms with Crippen LogP contribution in [0.4, 0.5) is 0 Å². The van der Waals surface area contributed by atoms with E-state index in [4.69, 9.17) is 28.8 Å². The first-order chi connectivity index (χ1) is 23.6. The SMILES string of the molecule is COCCOC(=O)c1ccccc1OCCCCn1cc(C(NCc2ccccc2)(c2ccc(OC)cc2)c2ccc(OC)cc2)nn1. The van der Waals surface area contributed by atoms with Crippen LogP contribution in [-0.4, -0.2) is 62.1 Å². The van der Waals surface area contributed by atoms with Gasteiger partial charge in [0.2, 0.25) is 0 Å². The number of para-hydroxylation sites is 1. The molecule has 5 rings (SSSR count). The summed E-state index contributed by atoms with van der Waals surface area (Å²) in [5.41, 5.74) is 3.43. The average Bonchev–Trinajstić information content (AvgIpc) is 3.62. The number of hydrogen-bond donors (Lipinski definition) is 1. The molecule has 0 fully saturated rings. The van der Waals surface area contributed by atoms with Gasteiger partial charge in [0.15, 0.2) is 0 Å². The first-order valence-electron chi connectivity index (χ1n) is 15.9. The normalized spacial score (nSPS) is 11.2. The molecule has 250 valence electrons. The smallest absolute Gasteiger partial charge is 0.342 e. The molecular weight excluding hydrogens is 608 g/mol. The number of aromatic nitrogens is 3. The van der Waals surface area contributed by atoms with E-state index in [1.54, 1.807) is 39.5 Å². The van der Waals surface area contributed by atoms with Crippen molar-refractivity contribution in [2.45, 2.75) is 31.5 Å². The van der Waals surface area contributed by atoms with E-state index in [-0.39, 0.29) is 6.61 Å². The van der Waals surface area contributed by atoms with Gasteiger partial charge in [-0.25, -0.2) is 4.79 Å². The Labute approximate surface area is 281 Å². The van der Waals surface area contributed by atoms with Crippen LogP contribution in [0.1, 0.15) is 45.6 Å². The van der Waals surface area contributed by atoms with Crippen LogP contribution in [0.5, 0.6) is 17.2 Å². The van der Waals surface area contributed by atoms with E-state index < -0.39 is 11.5 Å². The lowest BCUT2D eigenvalue weighted by atomic mass is 9.80. The quantitative estimate of drug-likeness (QED) is 0.0898. The summed E-state index contributed by atoms with van der Waals surface area (Å²) in [6, 6.07) is 33.4. The van der Waals surface area contributed by atoms with Gasteiger partial charge in [-0.15, -0.1) is 5.10 Å². The summed E-state index contributed by atoms with van der Waals surface area (Å²) >= 11 is 0. The van der Waals surface area contributed by atoms with Crippen molar-refractivity contribution < 1.29 is 28.5 Å². The number of nitrogens with one attached hydrogen (secondary N) is 1. The molecule has 0 spiro atoms. The predicted octanol–water partition coefficient (Wildman–Crippen LogP) is 6.04. The van der Waals surface area contributed by atoms with Gasteiger partial charge in [-0.2, -0.15) is 0 Å². The molecule has 10 nitrogen and oxygen atoms in total. The van der Waals surface area contributed by atoms with Gasteiger partial charge < -0.3 is 23.7 Å². The molecule has 0 amide bonds. The summed E-state index contributed by atoms with van der Waals surface area (Å²) in [5, 5.41) is 13.1. The van der Waals surface area contributed by atoms with Crippen LogP contribution < -0.4 is 19.5 Å². The number of carbonyl (C=O) groups excluding carboxylic acids is 1. The van der Waals surface area contributed by atoms with Gasteiger partial charge in [0.05, 0.1) is 33.6 Å². The van der Waals surface area contributed by atoms with Gasteiger partial charge in [-0.3, -0.25) is 10.00 Å². The van der Waals surface area contributed by atoms with Crippen LogP contribution in [0.15, 0.2) is 109 Å². The van der Waals surface area contributed by atoms with Crippen LogP contribution in [0.2, 0.25) is 0 Å². The van der Waals surface area contributed by atoms with E-state index in [1.165, 1.54) is 0 Å². The van der Waals surface area contributed by atoms with Gasteiger partial charge in [-0.05, 0) is 65.9 Å². The molecule has 0 saturated carbocycles. The number of aryl methyl sites for hydroxylation is 1. The van der Waals surface area contributed by atoms with Gasteiger partial charge >= 0.3 is 5.97 Å². The second-order valence-electron chi connectivity index (χ2n) is 11.1. The standard InChI is InChI=1S/C38H42N4O6/c1-44-25-26-48-37(43)34-13-7-8-14-35(34)47-24-10-9-23-42-28-36(40-41-42)38(30-15-19-32(45-2)20-16-30,31-17-21-33(46-3)22-18-31)39-27-29-11-5-4-6-12-29/h4-8,11-22,28,39H,9-10,23-27H2,1-3H3. The second kappa shape index (κ2) is 17.1. The molecule has 5 aromatic rings. The third-order valence-corrected chi connectivity index (χ3v) is 8.04. The zero-order chi connectivity index (χ0) is 33.6. The molecule has 0 radical (unpaired) electrons. The number of ether oxygens (including phenoxy) is 5. The number of benzene rings is 4. The highest BCUT2D eigenvalue weighted by Gasteiger charge is 2.39. The summed E-state index contributed by atoms with van der Waals surface area (Å²) in [6.45, 7) is 2.18. The van der Waals surface area contributed by atoms with E-state index in [0.717, 1.165) is 46.7 Å². The zero-order valence-electron chi connectivity index (χ0n) is 27.6. The minimum atomic E-state index is -0.836. The summed E-state index contributed by atoms with van der Waals surface area (Å²) < 4.78 is 29.0. The number of methoxy groups -OCH3 is 3. The van der Waals surface area contributed by atoms with Crippen LogP contribution in [0.25, 0.3) is 0 Å². The van der Waals surface area contributed by atoms with Gasteiger partial charge in [0, 0.05) is 20.2 Å². The highest BCUT2D eigenvalue weighted by Crippen LogP contribution is 2.37. The van der Waals surface area contributed by atoms with Gasteiger partial charge in [-0.1, -0.05) is 71.9 Å². The third kappa shape index (κ3) is 8.39. The van der Waals surface area contributed by atoms with Crippen molar-refractivity contribution in [3.8, 4) is 17.2 Å². The Morgan fingerprint density at radius 1 is 0.750 bits per heavy atom. The summed E-state index contributed by atoms with van der Waals surface area (Å²) in [5.74, 6) is 1.59. The maximum atomic E-state index is 12.5. The first kappa shape index (κ1) is 34.2. The molecule has 0 aliphatic rings. The lowest BCUT2D eigenvalue weighted by molar-refractivity contribution is 0.0384. The predicted molar refractivity (Wildman–Crippen MR) is 183 cm³/mol. The van der Waals surface area contributed by atoms with Crippen molar-refractivity contribution in [2.75, 3.05) is 41.2 Å². The van der Waals surface area contributed by atoms with Crippen LogP contribution in [0.3, 0.4) is 0 Å². The Hall–Kier alpha value is -5.19. The van der Waals surface area contributed by atoms with Crippen molar-refractivity contribution in [1.29, 1.82) is 0 Å². The summed E-state index contributed by atoms with van der Waals surface area (Å²) in [6.07, 6.45) is 3.54. The average molecular weight is 651 g/mol. The highest BCUT2D eigenvalue weighted by molar-refractivity contribution is 5.92. The number of unbranched alkanes of at least 4 members (excludes halogenated alkanes) is 1. The van der Waals surface area contributed by atoms with Gasteiger partial charge in [0.25, 0.3) is 0 Å². The first-order valence-corrected chi connectivity index (χ1v) is 15.9. The Morgan fingerprint density at radius 2 is 1.40 bits per heavy atom. The molecule has 0 unspecified atom stereocenters. The van der Waals surface area contributed by atoms with Crippen LogP contribution in [-0.2, 0) is 28.1 Å². The molecule has 10 heteroatoms. The summed E-state index contributed by atoms with van der Waals surface area (Å²) in [4.78, 5) is 12.5. The molecule has 0 saturated heterocycles. The molecule has 4 aromatic carbocycles. The maximum Gasteiger partial charge on any atom is 0.342 e. The molecule has 0 atom stereocenters. The Balaban J connectivity index is 1.34. The van der Waals surface area contributed by atoms with Gasteiger partial charge in [0.1, 0.15) is 40.7 Å². The zero-order valence-corrected chi connectivity index (χ0v) is 27.6. The Morgan fingerprint density at radius 3 is 2.04 bits per heavy atom. The number of esters is 1. The molecule has 0 aliphatic heterocycles. The summed E-state index contributed by atoms with van der Waals surface area (Å²) in [7, 11) is 4.88. The number of carbonyl (C=O) groups is 1. The molecule has 1 N–H and O–H groups in total. The number of rotatable bonds is 18. The fourth-order valence-electron chi connectivity index (χ4n) is 5.46. The third-order valence-electron chi connectivity index (χ3n) is 8.04. The number of hydrogen-bond acceptors (Lipinski definition) is 9. The lowest BCUT2D eigenvalue weighted by Gasteiger charge is -2.35. The van der Waals surface area contributed by atoms with Crippen molar-refractivity contribution in [2.24, 2.45) is 0 Å². The number of nitrogens with zero attached hydrogens (tertiary/aromatic N) is 3. The lowest BCUT2D eigenvalue weighted by Crippen LogP contribution is -2.44. The molecule has 1 aromatic heterocycles. The molecular formula is C38H42N4O6. The van der Waals surface area contributed by atoms with E-state index >= 15 is 0 Å². The monoisotopic (exact) mass is 650 g/mol. The molecule has 48 heavy (non-hydrogen) atoms. The fourth-order valence-corrected chi connectivity index (χ4v) is 5.46. The van der Waals surface area contributed by atoms with E-state index in [1.807, 2.05) is 59.4 Å². The van der Waals surface area contributed by atoms with Crippen LogP contribution >= 0.6 is 0 Å². The molecule has 0 bridgehead atoms. The van der Waals surface area contributed by atoms with Crippen LogP contribution in [0, 0.1) is 0 Å². The Bertz CT molecular complexity index is 1660. The van der Waals surface area contributed by atoms with E-state index in [0.29, 0.717) is 37.6 Å². The van der Waals surface area contributed by atoms with Crippen molar-refractivity contribution >= 4 is 5.97 Å². The van der Waals surface area contributed by atoms with Crippen molar-refractivity contribution in [3.05, 3.63) is 137 Å². The largest absolute Gasteiger partial charge is 0.497 e. The fraction of sp³-hybridized carbons (Fsp3) is 0.289. The second-order valence-corrected chi connectivity index (χ2v) is 11.1. The minimum Gasteiger partial charge on any atom is -0.497 e. The van der Waals surface area contributed by atoms with Crippen molar-refractivity contribution in [1.82, 2.24) is 20.3 Å². The van der Waals surface area contributed by atoms with E-state index in [9.17, 15) is 4.79 Å². The highest BCUT2D eigenvalue weighted by atomic mass is 16.6. The maximum absolute atomic E-state index is 12.5. The Kier molecular flexibility index (Phi) is 12.2. The minimum absolute atomic E-state index is 0.184. The molecule has 0 aliphatic carbocycles. The topological polar surface area (TPSA) is 106 Å². The van der Waals surface area contributed by atoms with E-state index in [2.05, 4.69) is 46.9 Å². The molecule has 1 heterocycles.